The molecule has 3 N–H and O–H groups in total. The molecule has 2 heterocycles. The Morgan fingerprint density at radius 3 is 2.66 bits per heavy atom. The number of rotatable bonds is 8. The van der Waals surface area contributed by atoms with Crippen LogP contribution < -0.4 is 11.1 Å². The Morgan fingerprint density at radius 1 is 1.28 bits per heavy atom. The molecule has 6 nitrogen and oxygen atoms in total. The van der Waals surface area contributed by atoms with Crippen LogP contribution in [0.5, 0.6) is 0 Å². The van der Waals surface area contributed by atoms with Crippen molar-refractivity contribution in [3.05, 3.63) is 58.0 Å². The summed E-state index contributed by atoms with van der Waals surface area (Å²) in [7, 11) is 0. The summed E-state index contributed by atoms with van der Waals surface area (Å²) in [4.78, 5) is 29.9. The molecule has 3 rings (SSSR count). The van der Waals surface area contributed by atoms with Crippen LogP contribution in [0.3, 0.4) is 0 Å². The maximum atomic E-state index is 13.3. The van der Waals surface area contributed by atoms with Gasteiger partial charge in [-0.15, -0.1) is 11.3 Å². The Bertz CT molecular complexity index is 813. The van der Waals surface area contributed by atoms with Crippen LogP contribution in [0.2, 0.25) is 0 Å². The molecule has 8 heteroatoms. The molecule has 0 radical (unpaired) electrons. The van der Waals surface area contributed by atoms with Gasteiger partial charge in [-0.2, -0.15) is 0 Å². The zero-order valence-corrected chi connectivity index (χ0v) is 17.3. The first-order valence-electron chi connectivity index (χ1n) is 9.73. The number of carbonyl (C=O) groups excluding carboxylic acids is 2. The van der Waals surface area contributed by atoms with Crippen molar-refractivity contribution < 1.29 is 14.0 Å². The van der Waals surface area contributed by atoms with Crippen molar-refractivity contribution in [3.8, 4) is 0 Å². The van der Waals surface area contributed by atoms with Crippen molar-refractivity contribution in [2.24, 2.45) is 5.73 Å². The lowest BCUT2D eigenvalue weighted by Gasteiger charge is -2.28. The summed E-state index contributed by atoms with van der Waals surface area (Å²) < 4.78 is 13.3. The molecule has 0 saturated carbocycles. The van der Waals surface area contributed by atoms with E-state index in [1.807, 2.05) is 11.4 Å². The molecule has 0 aliphatic carbocycles. The van der Waals surface area contributed by atoms with Gasteiger partial charge in [0, 0.05) is 50.6 Å². The van der Waals surface area contributed by atoms with Crippen LogP contribution in [0.4, 0.5) is 4.39 Å². The Kier molecular flexibility index (Phi) is 7.35. The maximum Gasteiger partial charge on any atom is 0.242 e. The van der Waals surface area contributed by atoms with Gasteiger partial charge in [0.1, 0.15) is 11.9 Å². The van der Waals surface area contributed by atoms with Gasteiger partial charge in [0.25, 0.3) is 0 Å². The van der Waals surface area contributed by atoms with E-state index in [1.54, 1.807) is 28.4 Å². The summed E-state index contributed by atoms with van der Waals surface area (Å²) in [5, 5.41) is 4.84. The van der Waals surface area contributed by atoms with Crippen molar-refractivity contribution in [2.75, 3.05) is 19.6 Å². The molecule has 2 amide bonds. The van der Waals surface area contributed by atoms with Crippen molar-refractivity contribution in [2.45, 2.75) is 38.5 Å². The van der Waals surface area contributed by atoms with E-state index in [2.05, 4.69) is 16.3 Å². The van der Waals surface area contributed by atoms with Crippen LogP contribution in [0.15, 0.2) is 41.8 Å². The molecular weight excluding hydrogens is 391 g/mol. The minimum atomic E-state index is -0.497. The van der Waals surface area contributed by atoms with Gasteiger partial charge in [0.05, 0.1) is 0 Å². The first-order valence-corrected chi connectivity index (χ1v) is 10.6. The number of hydrogen-bond acceptors (Lipinski definition) is 5. The normalized spacial score (nSPS) is 19.0. The van der Waals surface area contributed by atoms with E-state index in [0.29, 0.717) is 39.1 Å². The second-order valence-electron chi connectivity index (χ2n) is 7.27. The number of likely N-dealkylation sites (tertiary alicyclic amines) is 1. The summed E-state index contributed by atoms with van der Waals surface area (Å²) in [6.07, 6.45) is 0.558. The molecular formula is C21H27FN4O2S. The molecule has 1 aromatic heterocycles. The minimum Gasteiger partial charge on any atom is -0.353 e. The van der Waals surface area contributed by atoms with Crippen molar-refractivity contribution in [1.29, 1.82) is 0 Å². The van der Waals surface area contributed by atoms with Gasteiger partial charge >= 0.3 is 0 Å². The number of halogens is 1. The maximum absolute atomic E-state index is 13.3. The highest BCUT2D eigenvalue weighted by molar-refractivity contribution is 7.09. The number of nitrogens with zero attached hydrogens (tertiary/aromatic N) is 2. The Morgan fingerprint density at radius 2 is 2.03 bits per heavy atom. The second kappa shape index (κ2) is 9.96. The lowest BCUT2D eigenvalue weighted by molar-refractivity contribution is -0.136. The van der Waals surface area contributed by atoms with E-state index < -0.39 is 6.04 Å². The molecule has 0 bridgehead atoms. The first kappa shape index (κ1) is 21.4. The van der Waals surface area contributed by atoms with Crippen molar-refractivity contribution in [1.82, 2.24) is 15.1 Å². The molecule has 29 heavy (non-hydrogen) atoms. The average Bonchev–Trinajstić information content (AvgIpc) is 3.37. The van der Waals surface area contributed by atoms with Crippen LogP contribution in [-0.2, 0) is 22.7 Å². The fourth-order valence-corrected chi connectivity index (χ4v) is 4.46. The van der Waals surface area contributed by atoms with Gasteiger partial charge in [-0.3, -0.25) is 14.5 Å². The predicted molar refractivity (Wildman–Crippen MR) is 112 cm³/mol. The summed E-state index contributed by atoms with van der Waals surface area (Å²) in [6, 6.07) is 10.1. The summed E-state index contributed by atoms with van der Waals surface area (Å²) in [6.45, 7) is 4.06. The van der Waals surface area contributed by atoms with Crippen LogP contribution >= 0.6 is 11.3 Å². The molecule has 2 atom stereocenters. The molecule has 1 aliphatic rings. The number of carbonyl (C=O) groups is 2. The van der Waals surface area contributed by atoms with Gasteiger partial charge in [-0.1, -0.05) is 18.2 Å². The minimum absolute atomic E-state index is 0.0275. The van der Waals surface area contributed by atoms with E-state index in [1.165, 1.54) is 23.9 Å². The predicted octanol–water partition coefficient (Wildman–Crippen LogP) is 1.95. The third-order valence-corrected chi connectivity index (χ3v) is 6.05. The summed E-state index contributed by atoms with van der Waals surface area (Å²) in [5.74, 6) is -0.539. The Balaban J connectivity index is 1.79. The van der Waals surface area contributed by atoms with E-state index in [-0.39, 0.29) is 23.7 Å². The molecule has 2 unspecified atom stereocenters. The third-order valence-electron chi connectivity index (χ3n) is 5.18. The lowest BCUT2D eigenvalue weighted by Crippen LogP contribution is -2.46. The van der Waals surface area contributed by atoms with Crippen LogP contribution in [-0.4, -0.2) is 53.3 Å². The second-order valence-corrected chi connectivity index (χ2v) is 8.30. The first-order chi connectivity index (χ1) is 14.0. The molecule has 156 valence electrons. The fraction of sp³-hybridized carbons (Fsp3) is 0.429. The van der Waals surface area contributed by atoms with E-state index in [0.717, 1.165) is 5.56 Å². The zero-order chi connectivity index (χ0) is 20.8. The number of nitrogens with two attached hydrogens (primary N) is 1. The summed E-state index contributed by atoms with van der Waals surface area (Å²) >= 11 is 1.67. The van der Waals surface area contributed by atoms with E-state index >= 15 is 0 Å². The van der Waals surface area contributed by atoms with Gasteiger partial charge in [-0.05, 0) is 35.6 Å². The Labute approximate surface area is 174 Å². The zero-order valence-electron chi connectivity index (χ0n) is 16.5. The quantitative estimate of drug-likeness (QED) is 0.687. The van der Waals surface area contributed by atoms with Crippen LogP contribution in [0.1, 0.15) is 23.8 Å². The molecule has 2 aromatic rings. The van der Waals surface area contributed by atoms with Gasteiger partial charge in [0.15, 0.2) is 0 Å². The topological polar surface area (TPSA) is 78.7 Å². The smallest absolute Gasteiger partial charge is 0.242 e. The fourth-order valence-electron chi connectivity index (χ4n) is 3.73. The van der Waals surface area contributed by atoms with Gasteiger partial charge < -0.3 is 16.0 Å². The van der Waals surface area contributed by atoms with Crippen LogP contribution in [0.25, 0.3) is 0 Å². The monoisotopic (exact) mass is 418 g/mol. The molecule has 1 fully saturated rings. The lowest BCUT2D eigenvalue weighted by atomic mass is 10.1. The van der Waals surface area contributed by atoms with Gasteiger partial charge in [0.2, 0.25) is 11.8 Å². The average molecular weight is 419 g/mol. The SMILES string of the molecule is CC(=O)N1CC(N(Cc2ccc(F)cc2)Cc2cccs2)CC1C(=O)NCCN. The van der Waals surface area contributed by atoms with Crippen molar-refractivity contribution in [3.63, 3.8) is 0 Å². The number of benzene rings is 1. The summed E-state index contributed by atoms with van der Waals surface area (Å²) in [5.41, 5.74) is 6.48. The molecule has 0 spiro atoms. The highest BCUT2D eigenvalue weighted by Crippen LogP contribution is 2.27. The highest BCUT2D eigenvalue weighted by atomic mass is 32.1. The van der Waals surface area contributed by atoms with Crippen molar-refractivity contribution >= 4 is 23.2 Å². The molecule has 1 aliphatic heterocycles. The molecule has 1 aromatic carbocycles. The van der Waals surface area contributed by atoms with E-state index in [4.69, 9.17) is 5.73 Å². The van der Waals surface area contributed by atoms with Gasteiger partial charge in [-0.25, -0.2) is 4.39 Å². The number of hydrogen-bond donors (Lipinski definition) is 2. The molecule has 1 saturated heterocycles. The number of nitrogens with one attached hydrogen (secondary N) is 1. The highest BCUT2D eigenvalue weighted by Gasteiger charge is 2.40. The standard InChI is InChI=1S/C21H27FN4O2S/c1-15(27)26-13-18(11-20(26)21(28)24-9-8-23)25(14-19-3-2-10-29-19)12-16-4-6-17(22)7-5-16/h2-7,10,18,20H,8-9,11-14,23H2,1H3,(H,24,28). The van der Waals surface area contributed by atoms with Crippen LogP contribution in [0, 0.1) is 5.82 Å². The van der Waals surface area contributed by atoms with E-state index in [9.17, 15) is 14.0 Å². The largest absolute Gasteiger partial charge is 0.353 e. The number of thiophene rings is 1. The third kappa shape index (κ3) is 5.62. The Hall–Kier alpha value is -2.29. The number of amides is 2.